The van der Waals surface area contributed by atoms with Crippen molar-refractivity contribution < 1.29 is 36.9 Å². The van der Waals surface area contributed by atoms with Crippen molar-refractivity contribution in [3.8, 4) is 0 Å². The van der Waals surface area contributed by atoms with Crippen molar-refractivity contribution in [1.29, 1.82) is 0 Å². The van der Waals surface area contributed by atoms with Gasteiger partial charge in [0.2, 0.25) is 0 Å². The Kier molecular flexibility index (Phi) is 15.3. The van der Waals surface area contributed by atoms with E-state index in [0.29, 0.717) is 35.3 Å². The number of hydrogen-bond donors (Lipinski definition) is 2. The molecule has 0 spiro atoms. The molecule has 0 saturated heterocycles. The minimum absolute atomic E-state index is 0. The predicted octanol–water partition coefficient (Wildman–Crippen LogP) is 2.84. The van der Waals surface area contributed by atoms with Crippen molar-refractivity contribution in [1.82, 2.24) is 0 Å². The number of Topliss-reactive ketones (excluding diaryl/α,β-unsaturated/α-hetero) is 2. The summed E-state index contributed by atoms with van der Waals surface area (Å²) in [6, 6.07) is 34.7. The quantitative estimate of drug-likeness (QED) is 0.275. The van der Waals surface area contributed by atoms with Crippen LogP contribution in [0, 0.1) is 0 Å². The fraction of sp³-hybridized carbons (Fsp3) is 0.133. The molecule has 7 heteroatoms. The average molecular weight is 538 g/mol. The fourth-order valence-corrected chi connectivity index (χ4v) is 3.07. The van der Waals surface area contributed by atoms with Crippen LogP contribution in [0.4, 0.5) is 0 Å². The van der Waals surface area contributed by atoms with Crippen LogP contribution in [0.15, 0.2) is 121 Å². The van der Waals surface area contributed by atoms with E-state index in [4.69, 9.17) is 11.5 Å². The monoisotopic (exact) mass is 537 g/mol. The van der Waals surface area contributed by atoms with E-state index in [1.54, 1.807) is 97.1 Å². The van der Waals surface area contributed by atoms with Gasteiger partial charge in [-0.2, -0.15) is 0 Å². The van der Waals surface area contributed by atoms with Crippen LogP contribution in [-0.4, -0.2) is 24.7 Å². The van der Waals surface area contributed by atoms with Crippen LogP contribution < -0.4 is 21.7 Å². The second-order valence-corrected chi connectivity index (χ2v) is 7.62. The van der Waals surface area contributed by atoms with Gasteiger partial charge in [0.1, 0.15) is 0 Å². The predicted molar refractivity (Wildman–Crippen MR) is 138 cm³/mol. The van der Waals surface area contributed by atoms with E-state index < -0.39 is 12.2 Å². The maximum atomic E-state index is 11.9. The summed E-state index contributed by atoms with van der Waals surface area (Å²) in [5, 5.41) is 23.8. The number of hydrogen-bond acceptors (Lipinski definition) is 6. The van der Waals surface area contributed by atoms with Crippen LogP contribution in [0.5, 0.6) is 0 Å². The first-order valence-electron chi connectivity index (χ1n) is 11.5. The summed E-state index contributed by atoms with van der Waals surface area (Å²) < 4.78 is 0. The van der Waals surface area contributed by atoms with Gasteiger partial charge in [0.25, 0.3) is 0 Å². The number of benzene rings is 4. The molecule has 4 aromatic rings. The SMILES string of the molecule is NCCN.O=C(c1ccccc1)C([O-])c1ccccc1.O=C(c1ccccc1)C([O-])c1ccccc1.[Mn+2]. The van der Waals surface area contributed by atoms with Gasteiger partial charge in [-0.1, -0.05) is 132 Å². The molecule has 2 atom stereocenters. The van der Waals surface area contributed by atoms with Crippen LogP contribution in [0.25, 0.3) is 0 Å². The first-order valence-corrected chi connectivity index (χ1v) is 11.5. The van der Waals surface area contributed by atoms with Crippen LogP contribution in [0.3, 0.4) is 0 Å². The Morgan fingerprint density at radius 1 is 0.514 bits per heavy atom. The zero-order valence-corrected chi connectivity index (χ0v) is 21.5. The molecular formula is C30H30MnN2O4. The molecule has 4 rings (SSSR count). The Morgan fingerprint density at radius 2 is 0.757 bits per heavy atom. The Morgan fingerprint density at radius 3 is 1.00 bits per heavy atom. The van der Waals surface area contributed by atoms with Crippen LogP contribution in [0.1, 0.15) is 44.1 Å². The number of carbonyl (C=O) groups is 2. The molecular weight excluding hydrogens is 507 g/mol. The zero-order chi connectivity index (χ0) is 26.2. The molecule has 0 aromatic heterocycles. The first-order chi connectivity index (χ1) is 17.5. The molecule has 0 aliphatic rings. The number of nitrogens with two attached hydrogens (primary N) is 2. The van der Waals surface area contributed by atoms with Gasteiger partial charge in [0, 0.05) is 24.2 Å². The maximum Gasteiger partial charge on any atom is 2.00 e. The summed E-state index contributed by atoms with van der Waals surface area (Å²) >= 11 is 0. The van der Waals surface area contributed by atoms with Gasteiger partial charge in [0.05, 0.1) is 0 Å². The number of carbonyl (C=O) groups excluding carboxylic acids is 2. The van der Waals surface area contributed by atoms with Gasteiger partial charge in [-0.25, -0.2) is 0 Å². The van der Waals surface area contributed by atoms with Gasteiger partial charge >= 0.3 is 17.1 Å². The van der Waals surface area contributed by atoms with Gasteiger partial charge in [-0.3, -0.25) is 9.59 Å². The second-order valence-electron chi connectivity index (χ2n) is 7.62. The van der Waals surface area contributed by atoms with Gasteiger partial charge in [-0.05, 0) is 12.2 Å². The zero-order valence-electron chi connectivity index (χ0n) is 20.3. The molecule has 0 amide bonds. The molecule has 1 radical (unpaired) electrons. The molecule has 0 fully saturated rings. The second kappa shape index (κ2) is 17.9. The van der Waals surface area contributed by atoms with E-state index in [-0.39, 0.29) is 28.6 Å². The molecule has 6 nitrogen and oxygen atoms in total. The summed E-state index contributed by atoms with van der Waals surface area (Å²) in [6.07, 6.45) is -2.66. The van der Waals surface area contributed by atoms with Crippen LogP contribution >= 0.6 is 0 Å². The third-order valence-electron chi connectivity index (χ3n) is 4.96. The molecule has 2 unspecified atom stereocenters. The molecule has 4 N–H and O–H groups in total. The van der Waals surface area contributed by atoms with Gasteiger partial charge < -0.3 is 21.7 Å². The minimum Gasteiger partial charge on any atom is -0.843 e. The van der Waals surface area contributed by atoms with E-state index in [2.05, 4.69) is 0 Å². The molecule has 191 valence electrons. The van der Waals surface area contributed by atoms with E-state index >= 15 is 0 Å². The van der Waals surface area contributed by atoms with E-state index in [9.17, 15) is 19.8 Å². The average Bonchev–Trinajstić information content (AvgIpc) is 2.98. The minimum atomic E-state index is -1.33. The Balaban J connectivity index is 0.000000316. The first kappa shape index (κ1) is 31.6. The number of rotatable bonds is 7. The van der Waals surface area contributed by atoms with Crippen LogP contribution in [0.2, 0.25) is 0 Å². The topological polar surface area (TPSA) is 132 Å². The molecule has 37 heavy (non-hydrogen) atoms. The third-order valence-corrected chi connectivity index (χ3v) is 4.96. The van der Waals surface area contributed by atoms with Crippen molar-refractivity contribution >= 4 is 11.6 Å². The van der Waals surface area contributed by atoms with Crippen molar-refractivity contribution in [3.63, 3.8) is 0 Å². The maximum absolute atomic E-state index is 11.9. The van der Waals surface area contributed by atoms with E-state index in [1.165, 1.54) is 0 Å². The third kappa shape index (κ3) is 10.6. The van der Waals surface area contributed by atoms with Crippen molar-refractivity contribution in [2.45, 2.75) is 12.2 Å². The largest absolute Gasteiger partial charge is 2.00 e. The van der Waals surface area contributed by atoms with Crippen molar-refractivity contribution in [2.75, 3.05) is 13.1 Å². The van der Waals surface area contributed by atoms with Gasteiger partial charge in [-0.15, -0.1) is 0 Å². The summed E-state index contributed by atoms with van der Waals surface area (Å²) in [4.78, 5) is 23.7. The van der Waals surface area contributed by atoms with Crippen molar-refractivity contribution in [2.24, 2.45) is 11.5 Å². The molecule has 4 aromatic carbocycles. The summed E-state index contributed by atoms with van der Waals surface area (Å²) in [6.45, 7) is 1.19. The van der Waals surface area contributed by atoms with E-state index in [0.717, 1.165) is 0 Å². The standard InChI is InChI=1S/2C14H11O2.C2H8N2.Mn/c2*15-13(11-7-3-1-4-8-11)14(16)12-9-5-2-6-10-12;3-1-2-4;/h2*1-10,13H;1-4H2;/q2*-1;;+2. The smallest absolute Gasteiger partial charge is 0.843 e. The Bertz CT molecular complexity index is 1070. The Labute approximate surface area is 228 Å². The molecule has 0 heterocycles. The summed E-state index contributed by atoms with van der Waals surface area (Å²) in [5.41, 5.74) is 11.8. The van der Waals surface area contributed by atoms with Crippen molar-refractivity contribution in [3.05, 3.63) is 144 Å². The Hall–Kier alpha value is -3.42. The fourth-order valence-electron chi connectivity index (χ4n) is 3.07. The number of ketones is 2. The van der Waals surface area contributed by atoms with Gasteiger partial charge in [0.15, 0.2) is 11.6 Å². The van der Waals surface area contributed by atoms with E-state index in [1.807, 2.05) is 24.3 Å². The van der Waals surface area contributed by atoms with Crippen LogP contribution in [-0.2, 0) is 17.1 Å². The molecule has 0 aliphatic carbocycles. The summed E-state index contributed by atoms with van der Waals surface area (Å²) in [5.74, 6) is -0.765. The normalized spacial score (nSPS) is 11.2. The summed E-state index contributed by atoms with van der Waals surface area (Å²) in [7, 11) is 0. The molecule has 0 saturated carbocycles. The molecule has 0 aliphatic heterocycles. The molecule has 0 bridgehead atoms.